The molecule has 0 aliphatic carbocycles. The second kappa shape index (κ2) is 0.825. The molecule has 0 unspecified atom stereocenters. The number of rotatable bonds is 0. The molecule has 1 rings (SSSR count). The molecule has 28 valence electrons. The van der Waals surface area contributed by atoms with Gasteiger partial charge in [-0.15, -0.1) is 0 Å². The molecule has 0 fully saturated rings. The minimum Gasteiger partial charge on any atom is -0.282 e. The van der Waals surface area contributed by atoms with Crippen molar-refractivity contribution in [2.75, 3.05) is 0 Å². The summed E-state index contributed by atoms with van der Waals surface area (Å²) in [4.78, 5) is 0. The summed E-state index contributed by atoms with van der Waals surface area (Å²) in [6.45, 7) is 1.93. The summed E-state index contributed by atoms with van der Waals surface area (Å²) in [7, 11) is 0. The number of nitrogens with zero attached hydrogens (tertiary/aromatic N) is 1. The summed E-state index contributed by atoms with van der Waals surface area (Å²) in [6.07, 6.45) is 0. The van der Waals surface area contributed by atoms with E-state index in [1.54, 1.807) is 0 Å². The standard InChI is InChI=1S/C2H4N2S/c1-2-3-5-4-2/h1H3,(H,3,4). The molecule has 1 aromatic heterocycles. The highest BCUT2D eigenvalue weighted by Crippen LogP contribution is 1.88. The third-order valence-corrected chi connectivity index (χ3v) is 1.13. The van der Waals surface area contributed by atoms with Crippen LogP contribution in [0.3, 0.4) is 0 Å². The topological polar surface area (TPSA) is 28.7 Å². The molecule has 0 aromatic carbocycles. The first-order chi connectivity index (χ1) is 2.39. The van der Waals surface area contributed by atoms with E-state index in [1.165, 1.54) is 11.7 Å². The maximum absolute atomic E-state index is 3.79. The monoisotopic (exact) mass is 88.0 g/mol. The zero-order valence-electron chi connectivity index (χ0n) is 2.86. The van der Waals surface area contributed by atoms with Gasteiger partial charge in [0.15, 0.2) is 0 Å². The van der Waals surface area contributed by atoms with E-state index in [1.807, 2.05) is 6.92 Å². The highest BCUT2D eigenvalue weighted by molar-refractivity contribution is 7.00. The Morgan fingerprint density at radius 1 is 2.00 bits per heavy atom. The average molecular weight is 88.1 g/mol. The first kappa shape index (κ1) is 2.90. The first-order valence-corrected chi connectivity index (χ1v) is 2.13. The van der Waals surface area contributed by atoms with Crippen molar-refractivity contribution in [3.63, 3.8) is 0 Å². The molecule has 5 heavy (non-hydrogen) atoms. The van der Waals surface area contributed by atoms with E-state index in [4.69, 9.17) is 0 Å². The molecule has 0 amide bonds. The highest BCUT2D eigenvalue weighted by Gasteiger charge is 1.78. The van der Waals surface area contributed by atoms with Gasteiger partial charge in [0.2, 0.25) is 0 Å². The van der Waals surface area contributed by atoms with Gasteiger partial charge >= 0.3 is 0 Å². The zero-order valence-corrected chi connectivity index (χ0v) is 3.67. The first-order valence-electron chi connectivity index (χ1n) is 1.36. The molecular weight excluding hydrogens is 84.1 g/mol. The molecule has 0 saturated carbocycles. The van der Waals surface area contributed by atoms with Crippen molar-refractivity contribution >= 4 is 11.7 Å². The van der Waals surface area contributed by atoms with Crippen molar-refractivity contribution in [3.05, 3.63) is 5.82 Å². The van der Waals surface area contributed by atoms with Crippen molar-refractivity contribution < 1.29 is 0 Å². The molecular formula is C2H4N2S. The van der Waals surface area contributed by atoms with Crippen molar-refractivity contribution in [2.24, 2.45) is 0 Å². The quantitative estimate of drug-likeness (QED) is 0.498. The lowest BCUT2D eigenvalue weighted by Crippen LogP contribution is -1.81. The SMILES string of the molecule is Cc1ns[nH]1. The number of nitrogens with one attached hydrogen (secondary N) is 1. The van der Waals surface area contributed by atoms with E-state index in [9.17, 15) is 0 Å². The molecule has 3 heteroatoms. The fourth-order valence-electron chi connectivity index (χ4n) is 0.137. The van der Waals surface area contributed by atoms with Gasteiger partial charge in [0.05, 0.1) is 0 Å². The van der Waals surface area contributed by atoms with E-state index in [0.29, 0.717) is 0 Å². The highest BCUT2D eigenvalue weighted by atomic mass is 32.1. The van der Waals surface area contributed by atoms with Crippen LogP contribution in [0.4, 0.5) is 0 Å². The molecule has 0 saturated heterocycles. The van der Waals surface area contributed by atoms with Gasteiger partial charge in [0.1, 0.15) is 5.82 Å². The summed E-state index contributed by atoms with van der Waals surface area (Å²) in [5, 5.41) is 0. The van der Waals surface area contributed by atoms with Crippen molar-refractivity contribution in [2.45, 2.75) is 6.92 Å². The van der Waals surface area contributed by atoms with Crippen LogP contribution in [0.1, 0.15) is 5.82 Å². The summed E-state index contributed by atoms with van der Waals surface area (Å²) in [5.74, 6) is 1.02. The molecule has 0 bridgehead atoms. The lowest BCUT2D eigenvalue weighted by atomic mass is 10.8. The Hall–Kier alpha value is -0.310. The zero-order chi connectivity index (χ0) is 3.70. The Morgan fingerprint density at radius 2 is 2.40 bits per heavy atom. The lowest BCUT2D eigenvalue weighted by molar-refractivity contribution is 1.14. The summed E-state index contributed by atoms with van der Waals surface area (Å²) >= 11 is 1.38. The maximum Gasteiger partial charge on any atom is 0.127 e. The molecule has 1 heterocycles. The molecule has 1 aromatic rings. The fourth-order valence-corrected chi connectivity index (χ4v) is 0.411. The number of hydrogen-bond donors (Lipinski definition) is 1. The van der Waals surface area contributed by atoms with Gasteiger partial charge in [0, 0.05) is 11.7 Å². The largest absolute Gasteiger partial charge is 0.282 e. The summed E-state index contributed by atoms with van der Waals surface area (Å²) in [5.41, 5.74) is 0. The third-order valence-electron chi connectivity index (χ3n) is 0.376. The van der Waals surface area contributed by atoms with Crippen molar-refractivity contribution in [3.8, 4) is 0 Å². The molecule has 2 nitrogen and oxygen atoms in total. The Kier molecular flexibility index (Phi) is 0.479. The Labute approximate surface area is 34.1 Å². The Balaban J connectivity index is 2.83. The Bertz CT molecular complexity index is 89.8. The minimum atomic E-state index is 1.02. The molecule has 0 spiro atoms. The Morgan fingerprint density at radius 3 is 2.40 bits per heavy atom. The summed E-state index contributed by atoms with van der Waals surface area (Å²) in [6, 6.07) is 0. The van der Waals surface area contributed by atoms with E-state index in [2.05, 4.69) is 8.75 Å². The van der Waals surface area contributed by atoms with Gasteiger partial charge in [-0.1, -0.05) is 0 Å². The van der Waals surface area contributed by atoms with E-state index in [0.717, 1.165) is 5.82 Å². The predicted molar refractivity (Wildman–Crippen MR) is 21.2 cm³/mol. The smallest absolute Gasteiger partial charge is 0.127 e. The second-order valence-electron chi connectivity index (χ2n) is 0.870. The molecule has 0 radical (unpaired) electrons. The van der Waals surface area contributed by atoms with Crippen LogP contribution in [0.2, 0.25) is 0 Å². The van der Waals surface area contributed by atoms with Gasteiger partial charge in [-0.05, 0) is 6.92 Å². The van der Waals surface area contributed by atoms with Crippen LogP contribution < -0.4 is 0 Å². The normalized spacial score (nSPS) is 9.00. The van der Waals surface area contributed by atoms with E-state index in [-0.39, 0.29) is 0 Å². The number of aromatic amines is 1. The number of H-pyrrole nitrogens is 1. The van der Waals surface area contributed by atoms with Crippen molar-refractivity contribution in [1.82, 2.24) is 8.75 Å². The number of aryl methyl sites for hydroxylation is 1. The number of aromatic nitrogens is 2. The van der Waals surface area contributed by atoms with E-state index < -0.39 is 0 Å². The molecule has 0 atom stereocenters. The molecule has 0 aliphatic rings. The molecule has 0 aliphatic heterocycles. The van der Waals surface area contributed by atoms with Gasteiger partial charge < -0.3 is 0 Å². The lowest BCUT2D eigenvalue weighted by Gasteiger charge is -1.85. The fraction of sp³-hybridized carbons (Fsp3) is 0.500. The minimum absolute atomic E-state index is 1.02. The number of hydrogen-bond acceptors (Lipinski definition) is 2. The van der Waals surface area contributed by atoms with Crippen LogP contribution in [0.15, 0.2) is 0 Å². The van der Waals surface area contributed by atoms with Crippen LogP contribution in [0.5, 0.6) is 0 Å². The van der Waals surface area contributed by atoms with Crippen LogP contribution in [-0.4, -0.2) is 8.75 Å². The maximum atomic E-state index is 3.79. The predicted octanol–water partition coefficient (Wildman–Crippen LogP) is 0.780. The average Bonchev–Trinajstić information content (AvgIpc) is 1.30. The van der Waals surface area contributed by atoms with Crippen LogP contribution in [0.25, 0.3) is 0 Å². The van der Waals surface area contributed by atoms with Crippen LogP contribution in [-0.2, 0) is 0 Å². The van der Waals surface area contributed by atoms with Gasteiger partial charge in [-0.25, -0.2) is 0 Å². The van der Waals surface area contributed by atoms with Gasteiger partial charge in [-0.2, -0.15) is 4.37 Å². The van der Waals surface area contributed by atoms with Gasteiger partial charge in [0.25, 0.3) is 0 Å². The second-order valence-corrected chi connectivity index (χ2v) is 1.44. The van der Waals surface area contributed by atoms with E-state index >= 15 is 0 Å². The van der Waals surface area contributed by atoms with Crippen molar-refractivity contribution in [1.29, 1.82) is 0 Å². The van der Waals surface area contributed by atoms with Gasteiger partial charge in [-0.3, -0.25) is 4.37 Å². The third kappa shape index (κ3) is 0.326. The summed E-state index contributed by atoms with van der Waals surface area (Å²) < 4.78 is 6.67. The van der Waals surface area contributed by atoms with Crippen LogP contribution >= 0.6 is 11.7 Å². The molecule has 1 N–H and O–H groups in total. The van der Waals surface area contributed by atoms with Crippen LogP contribution in [0, 0.1) is 6.92 Å².